The predicted octanol–water partition coefficient (Wildman–Crippen LogP) is 4.29. The van der Waals surface area contributed by atoms with Gasteiger partial charge in [-0.25, -0.2) is 0 Å². The third kappa shape index (κ3) is 3.46. The number of rotatable bonds is 4. The lowest BCUT2D eigenvalue weighted by Gasteiger charge is -2.35. The average Bonchev–Trinajstić information content (AvgIpc) is 3.29. The van der Waals surface area contributed by atoms with Crippen LogP contribution in [0.15, 0.2) is 35.0 Å². The van der Waals surface area contributed by atoms with Gasteiger partial charge in [-0.3, -0.25) is 9.89 Å². The van der Waals surface area contributed by atoms with Gasteiger partial charge in [-0.05, 0) is 45.6 Å². The lowest BCUT2D eigenvalue weighted by Crippen LogP contribution is -2.39. The van der Waals surface area contributed by atoms with E-state index in [1.807, 2.05) is 30.9 Å². The summed E-state index contributed by atoms with van der Waals surface area (Å²) in [6.07, 6.45) is 5.23. The fraction of sp³-hybridized carbons (Fsp3) is 0.409. The van der Waals surface area contributed by atoms with E-state index in [9.17, 15) is 4.79 Å². The number of aryl methyl sites for hydroxylation is 2. The molecule has 1 amide bonds. The highest BCUT2D eigenvalue weighted by molar-refractivity contribution is 5.80. The van der Waals surface area contributed by atoms with Crippen molar-refractivity contribution in [1.29, 1.82) is 0 Å². The van der Waals surface area contributed by atoms with Crippen LogP contribution in [0.4, 0.5) is 0 Å². The molecule has 0 saturated carbocycles. The summed E-state index contributed by atoms with van der Waals surface area (Å²) in [4.78, 5) is 15.2. The van der Waals surface area contributed by atoms with Gasteiger partial charge in [-0.15, -0.1) is 0 Å². The molecule has 1 saturated heterocycles. The van der Waals surface area contributed by atoms with Crippen LogP contribution < -0.4 is 0 Å². The summed E-state index contributed by atoms with van der Waals surface area (Å²) in [5, 5.41) is 11.5. The SMILES string of the molecule is Cc1cccc(CC(=O)N2CCCC[C@@H]2c2[nH]ncc2-c2onc(C)c2C)c1. The number of nitrogens with one attached hydrogen (secondary N) is 1. The number of nitrogens with zero attached hydrogens (tertiary/aromatic N) is 3. The monoisotopic (exact) mass is 378 g/mol. The maximum atomic E-state index is 13.2. The zero-order chi connectivity index (χ0) is 19.7. The van der Waals surface area contributed by atoms with Crippen molar-refractivity contribution in [2.24, 2.45) is 0 Å². The third-order valence-corrected chi connectivity index (χ3v) is 5.66. The molecule has 1 aromatic carbocycles. The predicted molar refractivity (Wildman–Crippen MR) is 107 cm³/mol. The molecular weight excluding hydrogens is 352 g/mol. The molecule has 6 heteroatoms. The highest BCUT2D eigenvalue weighted by atomic mass is 16.5. The molecule has 1 aliphatic rings. The van der Waals surface area contributed by atoms with Gasteiger partial charge in [0.15, 0.2) is 5.76 Å². The van der Waals surface area contributed by atoms with Crippen molar-refractivity contribution in [3.8, 4) is 11.3 Å². The van der Waals surface area contributed by atoms with Crippen LogP contribution in [-0.2, 0) is 11.2 Å². The first-order valence-corrected chi connectivity index (χ1v) is 9.86. The van der Waals surface area contributed by atoms with Gasteiger partial charge in [-0.2, -0.15) is 5.10 Å². The molecule has 146 valence electrons. The topological polar surface area (TPSA) is 75.0 Å². The molecule has 2 aromatic heterocycles. The van der Waals surface area contributed by atoms with E-state index in [1.165, 1.54) is 5.56 Å². The molecule has 1 aliphatic heterocycles. The van der Waals surface area contributed by atoms with E-state index < -0.39 is 0 Å². The first-order valence-electron chi connectivity index (χ1n) is 9.86. The maximum Gasteiger partial charge on any atom is 0.227 e. The second kappa shape index (κ2) is 7.62. The Hall–Kier alpha value is -2.89. The molecule has 0 unspecified atom stereocenters. The van der Waals surface area contributed by atoms with Crippen LogP contribution in [0.2, 0.25) is 0 Å². The molecule has 0 aliphatic carbocycles. The molecular formula is C22H26N4O2. The van der Waals surface area contributed by atoms with Crippen molar-refractivity contribution in [3.63, 3.8) is 0 Å². The lowest BCUT2D eigenvalue weighted by atomic mass is 9.94. The molecule has 28 heavy (non-hydrogen) atoms. The van der Waals surface area contributed by atoms with Crippen LogP contribution in [0.5, 0.6) is 0 Å². The van der Waals surface area contributed by atoms with Crippen molar-refractivity contribution >= 4 is 5.91 Å². The van der Waals surface area contributed by atoms with Crippen molar-refractivity contribution in [3.05, 3.63) is 58.5 Å². The van der Waals surface area contributed by atoms with E-state index in [0.717, 1.165) is 59.6 Å². The maximum absolute atomic E-state index is 13.2. The third-order valence-electron chi connectivity index (χ3n) is 5.66. The molecule has 6 nitrogen and oxygen atoms in total. The summed E-state index contributed by atoms with van der Waals surface area (Å²) < 4.78 is 5.56. The van der Waals surface area contributed by atoms with Crippen LogP contribution in [0, 0.1) is 20.8 Å². The van der Waals surface area contributed by atoms with Gasteiger partial charge in [-0.1, -0.05) is 35.0 Å². The molecule has 3 aromatic rings. The molecule has 1 atom stereocenters. The zero-order valence-corrected chi connectivity index (χ0v) is 16.7. The second-order valence-electron chi connectivity index (χ2n) is 7.68. The van der Waals surface area contributed by atoms with Crippen LogP contribution >= 0.6 is 0 Å². The van der Waals surface area contributed by atoms with Crippen LogP contribution in [-0.4, -0.2) is 32.7 Å². The number of H-pyrrole nitrogens is 1. The highest BCUT2D eigenvalue weighted by Crippen LogP contribution is 2.37. The van der Waals surface area contributed by atoms with E-state index in [0.29, 0.717) is 6.42 Å². The van der Waals surface area contributed by atoms with Crippen molar-refractivity contribution < 1.29 is 9.32 Å². The molecule has 1 fully saturated rings. The Bertz CT molecular complexity index is 988. The zero-order valence-electron chi connectivity index (χ0n) is 16.7. The number of piperidine rings is 1. The summed E-state index contributed by atoms with van der Waals surface area (Å²) in [5.41, 5.74) is 5.96. The van der Waals surface area contributed by atoms with Gasteiger partial charge in [0.1, 0.15) is 0 Å². The molecule has 0 spiro atoms. The average molecular weight is 378 g/mol. The molecule has 0 radical (unpaired) electrons. The first kappa shape index (κ1) is 18.5. The second-order valence-corrected chi connectivity index (χ2v) is 7.68. The summed E-state index contributed by atoms with van der Waals surface area (Å²) in [6.45, 7) is 6.75. The smallest absolute Gasteiger partial charge is 0.227 e. The first-order chi connectivity index (χ1) is 13.5. The van der Waals surface area contributed by atoms with E-state index in [1.54, 1.807) is 6.20 Å². The summed E-state index contributed by atoms with van der Waals surface area (Å²) in [7, 11) is 0. The summed E-state index contributed by atoms with van der Waals surface area (Å²) >= 11 is 0. The Morgan fingerprint density at radius 1 is 1.29 bits per heavy atom. The standard InChI is InChI=1S/C22H26N4O2/c1-14-7-6-8-17(11-14)12-20(27)26-10-5-4-9-19(26)21-18(13-23-24-21)22-15(2)16(3)25-28-22/h6-8,11,13,19H,4-5,9-10,12H2,1-3H3,(H,23,24)/t19-/m1/s1. The van der Waals surface area contributed by atoms with Crippen LogP contribution in [0.3, 0.4) is 0 Å². The number of hydrogen-bond donors (Lipinski definition) is 1. The van der Waals surface area contributed by atoms with Crippen molar-refractivity contribution in [1.82, 2.24) is 20.3 Å². The Labute approximate surface area is 164 Å². The van der Waals surface area contributed by atoms with Gasteiger partial charge >= 0.3 is 0 Å². The Balaban J connectivity index is 1.62. The Kier molecular flexibility index (Phi) is 5.03. The largest absolute Gasteiger partial charge is 0.356 e. The molecule has 0 bridgehead atoms. The Morgan fingerprint density at radius 2 is 2.14 bits per heavy atom. The fourth-order valence-electron chi connectivity index (χ4n) is 4.03. The van der Waals surface area contributed by atoms with Crippen LogP contribution in [0.1, 0.15) is 53.4 Å². The van der Waals surface area contributed by atoms with E-state index in [4.69, 9.17) is 4.52 Å². The molecule has 1 N–H and O–H groups in total. The number of carbonyl (C=O) groups excluding carboxylic acids is 1. The van der Waals surface area contributed by atoms with E-state index in [2.05, 4.69) is 34.4 Å². The minimum atomic E-state index is -0.0200. The minimum Gasteiger partial charge on any atom is -0.356 e. The fourth-order valence-corrected chi connectivity index (χ4v) is 4.03. The molecule has 4 rings (SSSR count). The van der Waals surface area contributed by atoms with Gasteiger partial charge in [0.05, 0.1) is 35.6 Å². The van der Waals surface area contributed by atoms with Crippen LogP contribution in [0.25, 0.3) is 11.3 Å². The van der Waals surface area contributed by atoms with Gasteiger partial charge in [0, 0.05) is 12.1 Å². The van der Waals surface area contributed by atoms with E-state index in [-0.39, 0.29) is 11.9 Å². The Morgan fingerprint density at radius 3 is 2.89 bits per heavy atom. The summed E-state index contributed by atoms with van der Waals surface area (Å²) in [6, 6.07) is 8.14. The van der Waals surface area contributed by atoms with Crippen molar-refractivity contribution in [2.75, 3.05) is 6.54 Å². The van der Waals surface area contributed by atoms with Gasteiger partial charge < -0.3 is 9.42 Å². The van der Waals surface area contributed by atoms with E-state index >= 15 is 0 Å². The number of likely N-dealkylation sites (tertiary alicyclic amines) is 1. The number of aromatic nitrogens is 3. The van der Waals surface area contributed by atoms with Gasteiger partial charge in [0.25, 0.3) is 0 Å². The lowest BCUT2D eigenvalue weighted by molar-refractivity contribution is -0.134. The quantitative estimate of drug-likeness (QED) is 0.735. The molecule has 3 heterocycles. The van der Waals surface area contributed by atoms with Gasteiger partial charge in [0.2, 0.25) is 5.91 Å². The number of amides is 1. The van der Waals surface area contributed by atoms with Crippen molar-refractivity contribution in [2.45, 2.75) is 52.5 Å². The minimum absolute atomic E-state index is 0.0200. The summed E-state index contributed by atoms with van der Waals surface area (Å²) in [5.74, 6) is 0.888. The number of carbonyl (C=O) groups is 1. The normalized spacial score (nSPS) is 17.1. The number of aromatic amines is 1. The highest BCUT2D eigenvalue weighted by Gasteiger charge is 2.32. The number of hydrogen-bond acceptors (Lipinski definition) is 4. The number of benzene rings is 1.